The SMILES string of the molecule is O=C1C2NNC(c3ccccc3)C2C(c2ccccc2F)N1c1cccc(C(F)(F)F)c1. The van der Waals surface area contributed by atoms with E-state index in [9.17, 15) is 22.4 Å². The molecule has 5 rings (SSSR count). The van der Waals surface area contributed by atoms with E-state index in [1.54, 1.807) is 18.2 Å². The van der Waals surface area contributed by atoms with Gasteiger partial charge in [-0.15, -0.1) is 0 Å². The maximum atomic E-state index is 15.0. The number of nitrogens with zero attached hydrogens (tertiary/aromatic N) is 1. The molecule has 2 saturated heterocycles. The molecule has 2 aliphatic heterocycles. The number of hydrazine groups is 1. The lowest BCUT2D eigenvalue weighted by molar-refractivity contribution is -0.137. The van der Waals surface area contributed by atoms with Gasteiger partial charge in [0.2, 0.25) is 5.91 Å². The summed E-state index contributed by atoms with van der Waals surface area (Å²) in [6, 6.07) is 18.2. The van der Waals surface area contributed by atoms with Crippen molar-refractivity contribution < 1.29 is 22.4 Å². The van der Waals surface area contributed by atoms with E-state index in [4.69, 9.17) is 0 Å². The van der Waals surface area contributed by atoms with Gasteiger partial charge >= 0.3 is 6.18 Å². The van der Waals surface area contributed by atoms with Crippen LogP contribution in [-0.2, 0) is 11.0 Å². The lowest BCUT2D eigenvalue weighted by Crippen LogP contribution is -2.41. The maximum absolute atomic E-state index is 15.0. The van der Waals surface area contributed by atoms with Crippen LogP contribution in [0.1, 0.15) is 28.8 Å². The minimum atomic E-state index is -4.56. The zero-order valence-corrected chi connectivity index (χ0v) is 16.7. The highest BCUT2D eigenvalue weighted by atomic mass is 19.4. The first kappa shape index (κ1) is 20.7. The molecule has 0 bridgehead atoms. The van der Waals surface area contributed by atoms with E-state index in [0.717, 1.165) is 17.7 Å². The first-order valence-electron chi connectivity index (χ1n) is 10.2. The number of alkyl halides is 3. The van der Waals surface area contributed by atoms with Gasteiger partial charge in [0.05, 0.1) is 17.6 Å². The fourth-order valence-corrected chi connectivity index (χ4v) is 4.76. The Morgan fingerprint density at radius 3 is 2.22 bits per heavy atom. The average Bonchev–Trinajstić information content (AvgIpc) is 3.33. The summed E-state index contributed by atoms with van der Waals surface area (Å²) in [6.45, 7) is 0. The van der Waals surface area contributed by atoms with Crippen molar-refractivity contribution in [3.8, 4) is 0 Å². The molecule has 2 heterocycles. The molecule has 4 atom stereocenters. The van der Waals surface area contributed by atoms with Gasteiger partial charge in [-0.3, -0.25) is 4.79 Å². The number of hydrogen-bond donors (Lipinski definition) is 2. The molecule has 4 unspecified atom stereocenters. The predicted molar refractivity (Wildman–Crippen MR) is 111 cm³/mol. The van der Waals surface area contributed by atoms with Crippen molar-refractivity contribution in [1.82, 2.24) is 10.9 Å². The van der Waals surface area contributed by atoms with Crippen molar-refractivity contribution in [2.45, 2.75) is 24.3 Å². The van der Waals surface area contributed by atoms with Crippen molar-refractivity contribution >= 4 is 11.6 Å². The van der Waals surface area contributed by atoms with E-state index in [-0.39, 0.29) is 17.3 Å². The van der Waals surface area contributed by atoms with Gasteiger partial charge in [-0.2, -0.15) is 13.2 Å². The highest BCUT2D eigenvalue weighted by molar-refractivity contribution is 6.01. The van der Waals surface area contributed by atoms with Crippen molar-refractivity contribution in [2.75, 3.05) is 4.90 Å². The molecular formula is C24H19F4N3O. The average molecular weight is 441 g/mol. The first-order chi connectivity index (χ1) is 15.4. The normalized spacial score (nSPS) is 25.2. The Bertz CT molecular complexity index is 1150. The summed E-state index contributed by atoms with van der Waals surface area (Å²) in [5, 5.41) is 0. The zero-order valence-electron chi connectivity index (χ0n) is 16.7. The number of anilines is 1. The van der Waals surface area contributed by atoms with Crippen molar-refractivity contribution in [1.29, 1.82) is 0 Å². The molecule has 3 aromatic rings. The number of benzene rings is 3. The summed E-state index contributed by atoms with van der Waals surface area (Å²) >= 11 is 0. The lowest BCUT2D eigenvalue weighted by Gasteiger charge is -2.31. The molecule has 2 aliphatic rings. The molecule has 0 spiro atoms. The predicted octanol–water partition coefficient (Wildman–Crippen LogP) is 4.77. The molecule has 0 aromatic heterocycles. The van der Waals surface area contributed by atoms with Crippen LogP contribution < -0.4 is 15.8 Å². The number of nitrogens with one attached hydrogen (secondary N) is 2. The molecule has 1 amide bonds. The maximum Gasteiger partial charge on any atom is 0.416 e. The summed E-state index contributed by atoms with van der Waals surface area (Å²) in [6.07, 6.45) is -4.56. The topological polar surface area (TPSA) is 44.4 Å². The lowest BCUT2D eigenvalue weighted by atomic mass is 9.83. The van der Waals surface area contributed by atoms with Crippen LogP contribution in [-0.4, -0.2) is 11.9 Å². The van der Waals surface area contributed by atoms with Crippen LogP contribution in [0.2, 0.25) is 0 Å². The van der Waals surface area contributed by atoms with Gasteiger partial charge in [0.25, 0.3) is 0 Å². The molecule has 2 fully saturated rings. The number of carbonyl (C=O) groups excluding carboxylic acids is 1. The van der Waals surface area contributed by atoms with Gasteiger partial charge in [0, 0.05) is 17.2 Å². The second kappa shape index (κ2) is 7.72. The Kier molecular flexibility index (Phi) is 4.98. The number of rotatable bonds is 3. The van der Waals surface area contributed by atoms with Gasteiger partial charge < -0.3 is 4.90 Å². The van der Waals surface area contributed by atoms with Crippen LogP contribution in [0.25, 0.3) is 0 Å². The van der Waals surface area contributed by atoms with Crippen LogP contribution in [0.4, 0.5) is 23.2 Å². The van der Waals surface area contributed by atoms with Gasteiger partial charge in [0.15, 0.2) is 0 Å². The third-order valence-corrected chi connectivity index (χ3v) is 6.14. The zero-order chi connectivity index (χ0) is 22.5. The minimum absolute atomic E-state index is 0.0843. The van der Waals surface area contributed by atoms with Crippen molar-refractivity contribution in [2.24, 2.45) is 5.92 Å². The highest BCUT2D eigenvalue weighted by Gasteiger charge is 2.56. The third-order valence-electron chi connectivity index (χ3n) is 6.14. The summed E-state index contributed by atoms with van der Waals surface area (Å²) < 4.78 is 55.0. The molecule has 4 nitrogen and oxygen atoms in total. The molecule has 32 heavy (non-hydrogen) atoms. The molecule has 2 N–H and O–H groups in total. The summed E-state index contributed by atoms with van der Waals surface area (Å²) in [5.74, 6) is -1.37. The number of hydrogen-bond acceptors (Lipinski definition) is 3. The Balaban J connectivity index is 1.66. The Labute approximate surface area is 181 Å². The monoisotopic (exact) mass is 441 g/mol. The Morgan fingerprint density at radius 1 is 0.812 bits per heavy atom. The van der Waals surface area contributed by atoms with Gasteiger partial charge in [-0.25, -0.2) is 15.2 Å². The van der Waals surface area contributed by atoms with Crippen molar-refractivity contribution in [3.63, 3.8) is 0 Å². The molecular weight excluding hydrogens is 422 g/mol. The summed E-state index contributed by atoms with van der Waals surface area (Å²) in [4.78, 5) is 14.7. The number of halogens is 4. The van der Waals surface area contributed by atoms with E-state index in [1.165, 1.54) is 23.1 Å². The summed E-state index contributed by atoms with van der Waals surface area (Å²) in [7, 11) is 0. The highest BCUT2D eigenvalue weighted by Crippen LogP contribution is 2.49. The fourth-order valence-electron chi connectivity index (χ4n) is 4.76. The van der Waals surface area contributed by atoms with Crippen LogP contribution in [0.5, 0.6) is 0 Å². The van der Waals surface area contributed by atoms with E-state index in [1.807, 2.05) is 30.3 Å². The Morgan fingerprint density at radius 2 is 1.50 bits per heavy atom. The molecule has 164 valence electrons. The fraction of sp³-hybridized carbons (Fsp3) is 0.208. The summed E-state index contributed by atoms with van der Waals surface area (Å²) in [5.41, 5.74) is 6.51. The van der Waals surface area contributed by atoms with E-state index >= 15 is 0 Å². The second-order valence-electron chi connectivity index (χ2n) is 7.95. The standard InChI is InChI=1S/C24H19F4N3O/c25-18-12-5-4-11-17(18)22-19-20(14-7-2-1-3-8-14)29-30-21(19)23(32)31(22)16-10-6-9-15(13-16)24(26,27)28/h1-13,19-22,29-30H. The van der Waals surface area contributed by atoms with Gasteiger partial charge in [-0.1, -0.05) is 54.6 Å². The van der Waals surface area contributed by atoms with E-state index in [2.05, 4.69) is 10.9 Å². The van der Waals surface area contributed by atoms with Crippen LogP contribution in [0.3, 0.4) is 0 Å². The number of amides is 1. The van der Waals surface area contributed by atoms with Crippen molar-refractivity contribution in [3.05, 3.63) is 101 Å². The van der Waals surface area contributed by atoms with Crippen LogP contribution >= 0.6 is 0 Å². The number of fused-ring (bicyclic) bond motifs is 1. The quantitative estimate of drug-likeness (QED) is 0.576. The molecule has 3 aromatic carbocycles. The molecule has 0 radical (unpaired) electrons. The third kappa shape index (κ3) is 3.36. The first-order valence-corrected chi connectivity index (χ1v) is 10.2. The van der Waals surface area contributed by atoms with E-state index in [0.29, 0.717) is 0 Å². The largest absolute Gasteiger partial charge is 0.416 e. The van der Waals surface area contributed by atoms with Crippen LogP contribution in [0, 0.1) is 11.7 Å². The minimum Gasteiger partial charge on any atom is -0.303 e. The molecule has 0 saturated carbocycles. The number of carbonyl (C=O) groups is 1. The second-order valence-corrected chi connectivity index (χ2v) is 7.95. The van der Waals surface area contributed by atoms with Gasteiger partial charge in [-0.05, 0) is 29.8 Å². The molecule has 8 heteroatoms. The van der Waals surface area contributed by atoms with E-state index < -0.39 is 41.5 Å². The molecule has 0 aliphatic carbocycles. The van der Waals surface area contributed by atoms with Gasteiger partial charge in [0.1, 0.15) is 11.9 Å². The smallest absolute Gasteiger partial charge is 0.303 e. The Hall–Kier alpha value is -3.23. The van der Waals surface area contributed by atoms with Crippen LogP contribution in [0.15, 0.2) is 78.9 Å².